The van der Waals surface area contributed by atoms with Crippen molar-refractivity contribution in [1.29, 1.82) is 0 Å². The van der Waals surface area contributed by atoms with Gasteiger partial charge in [0.15, 0.2) is 5.17 Å². The molecule has 0 spiro atoms. The summed E-state index contributed by atoms with van der Waals surface area (Å²) < 4.78 is 0. The second-order valence-corrected chi connectivity index (χ2v) is 11.0. The molecule has 5 nitrogen and oxygen atoms in total. The van der Waals surface area contributed by atoms with Crippen LogP contribution in [0.3, 0.4) is 0 Å². The number of carboxylic acids is 1. The van der Waals surface area contributed by atoms with Crippen LogP contribution in [0.25, 0.3) is 5.70 Å². The molecule has 188 valence electrons. The minimum absolute atomic E-state index is 0.217. The summed E-state index contributed by atoms with van der Waals surface area (Å²) in [5, 5.41) is 24.7. The van der Waals surface area contributed by atoms with Crippen LogP contribution in [0.2, 0.25) is 10.0 Å². The molecule has 2 aliphatic rings. The van der Waals surface area contributed by atoms with Gasteiger partial charge in [-0.3, -0.25) is 4.79 Å². The average Bonchev–Trinajstić information content (AvgIpc) is 2.91. The van der Waals surface area contributed by atoms with E-state index in [9.17, 15) is 15.0 Å². The molecule has 0 saturated carbocycles. The van der Waals surface area contributed by atoms with E-state index in [1.54, 1.807) is 30.0 Å². The molecular weight excluding hydrogens is 503 g/mol. The zero-order chi connectivity index (χ0) is 25.4. The number of rotatable bonds is 8. The van der Waals surface area contributed by atoms with Gasteiger partial charge in [0, 0.05) is 17.9 Å². The Morgan fingerprint density at radius 3 is 2.63 bits per heavy atom. The molecule has 35 heavy (non-hydrogen) atoms. The Bertz CT molecular complexity index is 1090. The number of aliphatic hydroxyl groups is 1. The minimum Gasteiger partial charge on any atom is -0.508 e. The van der Waals surface area contributed by atoms with Gasteiger partial charge in [0.25, 0.3) is 0 Å². The lowest BCUT2D eigenvalue weighted by molar-refractivity contribution is -0.141. The fourth-order valence-electron chi connectivity index (χ4n) is 3.96. The molecule has 0 bridgehead atoms. The summed E-state index contributed by atoms with van der Waals surface area (Å²) in [7, 11) is 0. The summed E-state index contributed by atoms with van der Waals surface area (Å²) in [5.41, 5.74) is 3.92. The first-order valence-electron chi connectivity index (χ1n) is 11.8. The van der Waals surface area contributed by atoms with Crippen LogP contribution in [0, 0.1) is 11.8 Å². The lowest BCUT2D eigenvalue weighted by Crippen LogP contribution is -2.33. The van der Waals surface area contributed by atoms with Crippen molar-refractivity contribution in [3.63, 3.8) is 0 Å². The SMILES string of the molecule is CC(C)CC1=C(c2ccc(Cl)c(Cl)c2)N=C(NCC(CC2=C/CCC/C=C(O)/C=C\2)C(=O)O)SC1. The summed E-state index contributed by atoms with van der Waals surface area (Å²) in [6.45, 7) is 4.60. The van der Waals surface area contributed by atoms with E-state index in [4.69, 9.17) is 28.2 Å². The Labute approximate surface area is 221 Å². The standard InChI is InChI=1S/C27H32Cl2N2O3S/c1-17(2)12-21-16-35-27(31-25(21)19-9-11-23(28)24(29)14-19)30-15-20(26(33)34)13-18-6-4-3-5-7-22(32)10-8-18/h6-11,14,17,20,32H,3-5,12-13,15-16H2,1-2H3,(H,30,31)(H,33,34)/b10-8-,18-6+,22-7-. The summed E-state index contributed by atoms with van der Waals surface area (Å²) in [6, 6.07) is 5.52. The van der Waals surface area contributed by atoms with E-state index in [2.05, 4.69) is 25.2 Å². The van der Waals surface area contributed by atoms with Crippen LogP contribution in [0.5, 0.6) is 0 Å². The number of halogens is 2. The number of carboxylic acid groups (broad SMARTS) is 1. The minimum atomic E-state index is -0.867. The Kier molecular flexibility index (Phi) is 10.4. The highest BCUT2D eigenvalue weighted by Crippen LogP contribution is 2.35. The number of carbonyl (C=O) groups is 1. The van der Waals surface area contributed by atoms with Gasteiger partial charge >= 0.3 is 5.97 Å². The van der Waals surface area contributed by atoms with Crippen molar-refractivity contribution in [2.75, 3.05) is 12.3 Å². The number of amidine groups is 1. The van der Waals surface area contributed by atoms with Gasteiger partial charge in [0.05, 0.1) is 21.7 Å². The molecule has 1 unspecified atom stereocenters. The number of hydrogen-bond acceptors (Lipinski definition) is 5. The van der Waals surface area contributed by atoms with Gasteiger partial charge in [0.2, 0.25) is 0 Å². The van der Waals surface area contributed by atoms with Gasteiger partial charge in [-0.15, -0.1) is 0 Å². The van der Waals surface area contributed by atoms with E-state index in [1.807, 2.05) is 18.2 Å². The summed E-state index contributed by atoms with van der Waals surface area (Å²) in [6.07, 6.45) is 11.1. The highest BCUT2D eigenvalue weighted by Gasteiger charge is 2.22. The first-order valence-corrected chi connectivity index (χ1v) is 13.6. The highest BCUT2D eigenvalue weighted by molar-refractivity contribution is 8.14. The number of allylic oxidation sites excluding steroid dienone is 5. The van der Waals surface area contributed by atoms with E-state index in [-0.39, 0.29) is 12.3 Å². The van der Waals surface area contributed by atoms with Crippen molar-refractivity contribution in [2.45, 2.75) is 46.0 Å². The normalized spacial score (nSPS) is 21.6. The maximum absolute atomic E-state index is 12.0. The maximum atomic E-state index is 12.0. The molecular formula is C27H32Cl2N2O3S. The number of aliphatic imine (C=N–C) groups is 1. The van der Waals surface area contributed by atoms with Crippen molar-refractivity contribution in [2.24, 2.45) is 16.8 Å². The molecule has 0 saturated heterocycles. The van der Waals surface area contributed by atoms with Crippen LogP contribution in [0.4, 0.5) is 0 Å². The van der Waals surface area contributed by atoms with E-state index >= 15 is 0 Å². The predicted molar refractivity (Wildman–Crippen MR) is 148 cm³/mol. The molecule has 3 rings (SSSR count). The largest absolute Gasteiger partial charge is 0.508 e. The van der Waals surface area contributed by atoms with Gasteiger partial charge in [0.1, 0.15) is 5.76 Å². The predicted octanol–water partition coefficient (Wildman–Crippen LogP) is 7.64. The molecule has 1 aromatic carbocycles. The van der Waals surface area contributed by atoms with Crippen molar-refractivity contribution in [3.8, 4) is 0 Å². The molecule has 0 amide bonds. The third-order valence-electron chi connectivity index (χ3n) is 5.75. The van der Waals surface area contributed by atoms with E-state index in [0.29, 0.717) is 27.6 Å². The number of nitrogens with one attached hydrogen (secondary N) is 1. The van der Waals surface area contributed by atoms with Crippen LogP contribution in [0.15, 0.2) is 64.4 Å². The molecule has 0 fully saturated rings. The number of hydrogen-bond donors (Lipinski definition) is 3. The number of aliphatic carboxylic acids is 1. The molecule has 1 atom stereocenters. The van der Waals surface area contributed by atoms with E-state index in [1.165, 1.54) is 5.57 Å². The Balaban J connectivity index is 1.77. The quantitative estimate of drug-likeness (QED) is 0.319. The third-order valence-corrected chi connectivity index (χ3v) is 7.49. The number of nitrogens with zero attached hydrogens (tertiary/aromatic N) is 1. The topological polar surface area (TPSA) is 81.9 Å². The second kappa shape index (κ2) is 13.2. The second-order valence-electron chi connectivity index (χ2n) is 9.18. The monoisotopic (exact) mass is 534 g/mol. The Morgan fingerprint density at radius 2 is 1.91 bits per heavy atom. The molecule has 3 N–H and O–H groups in total. The third kappa shape index (κ3) is 8.48. The molecule has 1 aliphatic carbocycles. The van der Waals surface area contributed by atoms with Gasteiger partial charge in [-0.25, -0.2) is 4.99 Å². The van der Waals surface area contributed by atoms with Gasteiger partial charge < -0.3 is 15.5 Å². The fourth-order valence-corrected chi connectivity index (χ4v) is 5.17. The van der Waals surface area contributed by atoms with Crippen molar-refractivity contribution >= 4 is 51.8 Å². The molecule has 1 aromatic rings. The van der Waals surface area contributed by atoms with Gasteiger partial charge in [-0.2, -0.15) is 0 Å². The van der Waals surface area contributed by atoms with Crippen LogP contribution in [-0.2, 0) is 4.79 Å². The molecule has 1 aliphatic heterocycles. The number of thioether (sulfide) groups is 1. The lowest BCUT2D eigenvalue weighted by Gasteiger charge is -2.23. The lowest BCUT2D eigenvalue weighted by atomic mass is 9.97. The smallest absolute Gasteiger partial charge is 0.308 e. The van der Waals surface area contributed by atoms with Crippen molar-refractivity contribution in [1.82, 2.24) is 5.32 Å². The first kappa shape index (κ1) is 27.4. The van der Waals surface area contributed by atoms with Crippen molar-refractivity contribution < 1.29 is 15.0 Å². The van der Waals surface area contributed by atoms with Crippen LogP contribution in [0.1, 0.15) is 51.5 Å². The number of benzene rings is 1. The fraction of sp³-hybridized carbons (Fsp3) is 0.407. The zero-order valence-corrected chi connectivity index (χ0v) is 22.4. The molecule has 0 aromatic heterocycles. The zero-order valence-electron chi connectivity index (χ0n) is 20.1. The van der Waals surface area contributed by atoms with E-state index < -0.39 is 11.9 Å². The number of aliphatic hydroxyl groups excluding tert-OH is 1. The van der Waals surface area contributed by atoms with Gasteiger partial charge in [-0.05, 0) is 67.9 Å². The molecule has 1 heterocycles. The van der Waals surface area contributed by atoms with Crippen molar-refractivity contribution in [3.05, 3.63) is 75.0 Å². The highest BCUT2D eigenvalue weighted by atomic mass is 35.5. The van der Waals surface area contributed by atoms with Crippen LogP contribution < -0.4 is 5.32 Å². The summed E-state index contributed by atoms with van der Waals surface area (Å²) >= 11 is 14.0. The summed E-state index contributed by atoms with van der Waals surface area (Å²) in [5.74, 6) is -0.0246. The molecule has 0 radical (unpaired) electrons. The van der Waals surface area contributed by atoms with E-state index in [0.717, 1.165) is 48.3 Å². The van der Waals surface area contributed by atoms with Crippen LogP contribution in [-0.4, -0.2) is 33.6 Å². The average molecular weight is 536 g/mol. The van der Waals surface area contributed by atoms with Crippen LogP contribution >= 0.6 is 35.0 Å². The Morgan fingerprint density at radius 1 is 1.14 bits per heavy atom. The Hall–Kier alpha value is -2.15. The maximum Gasteiger partial charge on any atom is 0.308 e. The summed E-state index contributed by atoms with van der Waals surface area (Å²) in [4.78, 5) is 16.9. The first-order chi connectivity index (χ1) is 16.7. The molecule has 8 heteroatoms. The van der Waals surface area contributed by atoms with Gasteiger partial charge in [-0.1, -0.05) is 72.6 Å².